The summed E-state index contributed by atoms with van der Waals surface area (Å²) in [5.74, 6) is 1.35. The van der Waals surface area contributed by atoms with Crippen LogP contribution in [0.15, 0.2) is 46.2 Å². The summed E-state index contributed by atoms with van der Waals surface area (Å²) >= 11 is 7.33. The van der Waals surface area contributed by atoms with Crippen LogP contribution in [0.4, 0.5) is 0 Å². The highest BCUT2D eigenvalue weighted by atomic mass is 35.5. The molecule has 5 heteroatoms. The Hall–Kier alpha value is -2.35. The van der Waals surface area contributed by atoms with Crippen LogP contribution in [0.25, 0.3) is 23.0 Å². The molecule has 0 fully saturated rings. The van der Waals surface area contributed by atoms with E-state index in [2.05, 4.69) is 11.1 Å². The number of hydrogen-bond acceptors (Lipinski definition) is 4. The van der Waals surface area contributed by atoms with Crippen LogP contribution in [-0.4, -0.2) is 4.98 Å². The number of thiazole rings is 1. The fourth-order valence-electron chi connectivity index (χ4n) is 1.96. The summed E-state index contributed by atoms with van der Waals surface area (Å²) in [7, 11) is 0. The van der Waals surface area contributed by atoms with Crippen molar-refractivity contribution in [3.8, 4) is 17.4 Å². The molecule has 22 heavy (non-hydrogen) atoms. The molecule has 2 aromatic heterocycles. The molecule has 0 saturated heterocycles. The molecule has 3 aromatic rings. The van der Waals surface area contributed by atoms with Gasteiger partial charge in [0.1, 0.15) is 22.6 Å². The maximum Gasteiger partial charge on any atom is 0.134 e. The van der Waals surface area contributed by atoms with Crippen LogP contribution in [0.2, 0.25) is 5.02 Å². The van der Waals surface area contributed by atoms with Crippen LogP contribution in [0.3, 0.4) is 0 Å². The Labute approximate surface area is 137 Å². The molecule has 0 radical (unpaired) electrons. The molecule has 0 spiro atoms. The van der Waals surface area contributed by atoms with Crippen molar-refractivity contribution in [3.63, 3.8) is 0 Å². The average molecular weight is 327 g/mol. The maximum absolute atomic E-state index is 9.30. The summed E-state index contributed by atoms with van der Waals surface area (Å²) in [6, 6.07) is 13.3. The van der Waals surface area contributed by atoms with E-state index in [1.807, 2.05) is 48.7 Å². The van der Waals surface area contributed by atoms with E-state index in [0.29, 0.717) is 21.4 Å². The van der Waals surface area contributed by atoms with Gasteiger partial charge < -0.3 is 4.42 Å². The lowest BCUT2D eigenvalue weighted by molar-refractivity contribution is 0.572. The van der Waals surface area contributed by atoms with Gasteiger partial charge in [-0.05, 0) is 43.3 Å². The lowest BCUT2D eigenvalue weighted by Gasteiger charge is -1.96. The zero-order valence-corrected chi connectivity index (χ0v) is 13.3. The first-order valence-corrected chi connectivity index (χ1v) is 7.81. The van der Waals surface area contributed by atoms with Crippen molar-refractivity contribution >= 4 is 34.6 Å². The first kappa shape index (κ1) is 14.6. The monoisotopic (exact) mass is 326 g/mol. The minimum Gasteiger partial charge on any atom is -0.457 e. The van der Waals surface area contributed by atoms with Gasteiger partial charge in [-0.2, -0.15) is 5.26 Å². The van der Waals surface area contributed by atoms with Crippen molar-refractivity contribution in [1.29, 1.82) is 5.26 Å². The van der Waals surface area contributed by atoms with Crippen LogP contribution < -0.4 is 0 Å². The highest BCUT2D eigenvalue weighted by Crippen LogP contribution is 2.27. The van der Waals surface area contributed by atoms with Gasteiger partial charge in [0.15, 0.2) is 0 Å². The van der Waals surface area contributed by atoms with Gasteiger partial charge >= 0.3 is 0 Å². The lowest BCUT2D eigenvalue weighted by atomic mass is 10.2. The molecule has 0 bridgehead atoms. The van der Waals surface area contributed by atoms with E-state index in [1.54, 1.807) is 6.08 Å². The second-order valence-corrected chi connectivity index (χ2v) is 5.97. The van der Waals surface area contributed by atoms with E-state index in [-0.39, 0.29) is 0 Å². The molecule has 0 amide bonds. The van der Waals surface area contributed by atoms with Gasteiger partial charge in [0, 0.05) is 27.7 Å². The van der Waals surface area contributed by atoms with Crippen molar-refractivity contribution in [2.45, 2.75) is 6.92 Å². The number of allylic oxidation sites excluding steroid dienone is 1. The third-order valence-electron chi connectivity index (χ3n) is 3.01. The summed E-state index contributed by atoms with van der Waals surface area (Å²) < 4.78 is 5.78. The number of aromatic nitrogens is 1. The zero-order valence-electron chi connectivity index (χ0n) is 11.7. The van der Waals surface area contributed by atoms with E-state index < -0.39 is 0 Å². The third kappa shape index (κ3) is 3.11. The smallest absolute Gasteiger partial charge is 0.134 e. The Bertz CT molecular complexity index is 869. The van der Waals surface area contributed by atoms with Gasteiger partial charge in [0.2, 0.25) is 0 Å². The van der Waals surface area contributed by atoms with Gasteiger partial charge in [-0.25, -0.2) is 4.98 Å². The number of hydrogen-bond donors (Lipinski definition) is 0. The second-order valence-electron chi connectivity index (χ2n) is 4.67. The molecule has 0 unspecified atom stereocenters. The number of furan rings is 1. The molecule has 0 aliphatic carbocycles. The van der Waals surface area contributed by atoms with Crippen molar-refractivity contribution in [2.24, 2.45) is 0 Å². The molecule has 0 atom stereocenters. The number of halogens is 1. The van der Waals surface area contributed by atoms with Crippen molar-refractivity contribution in [1.82, 2.24) is 4.98 Å². The number of nitrogens with zero attached hydrogens (tertiary/aromatic N) is 2. The van der Waals surface area contributed by atoms with Crippen molar-refractivity contribution in [3.05, 3.63) is 63.3 Å². The highest BCUT2D eigenvalue weighted by Gasteiger charge is 2.08. The molecular formula is C17H11ClN2OS. The molecule has 0 N–H and O–H groups in total. The van der Waals surface area contributed by atoms with Gasteiger partial charge in [-0.3, -0.25) is 0 Å². The molecule has 0 saturated carbocycles. The molecule has 3 rings (SSSR count). The normalized spacial score (nSPS) is 11.4. The van der Waals surface area contributed by atoms with Gasteiger partial charge in [-0.15, -0.1) is 11.3 Å². The Morgan fingerprint density at radius 2 is 2.05 bits per heavy atom. The molecule has 0 aliphatic rings. The number of rotatable bonds is 3. The minimum absolute atomic E-state index is 0.495. The summed E-state index contributed by atoms with van der Waals surface area (Å²) in [4.78, 5) is 4.32. The van der Waals surface area contributed by atoms with E-state index in [4.69, 9.17) is 16.0 Å². The fraction of sp³-hybridized carbons (Fsp3) is 0.0588. The number of aryl methyl sites for hydroxylation is 1. The van der Waals surface area contributed by atoms with Crippen molar-refractivity contribution in [2.75, 3.05) is 0 Å². The third-order valence-corrected chi connectivity index (χ3v) is 4.26. The number of benzene rings is 1. The summed E-state index contributed by atoms with van der Waals surface area (Å²) in [6.45, 7) is 1.90. The van der Waals surface area contributed by atoms with Gasteiger partial charge in [0.25, 0.3) is 0 Å². The first-order valence-electron chi connectivity index (χ1n) is 6.56. The van der Waals surface area contributed by atoms with E-state index in [1.165, 1.54) is 11.3 Å². The maximum atomic E-state index is 9.30. The van der Waals surface area contributed by atoms with E-state index in [9.17, 15) is 5.26 Å². The molecule has 1 aromatic carbocycles. The molecule has 3 nitrogen and oxygen atoms in total. The number of nitriles is 1. The lowest BCUT2D eigenvalue weighted by Crippen LogP contribution is -1.80. The first-order chi connectivity index (χ1) is 10.7. The zero-order chi connectivity index (χ0) is 15.5. The average Bonchev–Trinajstić information content (AvgIpc) is 3.15. The largest absolute Gasteiger partial charge is 0.457 e. The molecule has 0 aliphatic heterocycles. The predicted octanol–water partition coefficient (Wildman–Crippen LogP) is 5.43. The summed E-state index contributed by atoms with van der Waals surface area (Å²) in [6.07, 6.45) is 1.71. The van der Waals surface area contributed by atoms with Gasteiger partial charge in [-0.1, -0.05) is 11.6 Å². The molecule has 2 heterocycles. The summed E-state index contributed by atoms with van der Waals surface area (Å²) in [5.41, 5.74) is 2.34. The Morgan fingerprint density at radius 3 is 2.68 bits per heavy atom. The predicted molar refractivity (Wildman–Crippen MR) is 89.5 cm³/mol. The van der Waals surface area contributed by atoms with Crippen LogP contribution in [0, 0.1) is 18.3 Å². The Morgan fingerprint density at radius 1 is 1.27 bits per heavy atom. The van der Waals surface area contributed by atoms with E-state index >= 15 is 0 Å². The van der Waals surface area contributed by atoms with Crippen LogP contribution in [0.5, 0.6) is 0 Å². The Balaban J connectivity index is 1.91. The van der Waals surface area contributed by atoms with Crippen LogP contribution in [-0.2, 0) is 0 Å². The fourth-order valence-corrected chi connectivity index (χ4v) is 2.85. The standard InChI is InChI=1S/C17H11ClN2OS/c1-11-10-22-17(20-11)13(9-19)8-15-6-7-16(21-15)12-2-4-14(18)5-3-12/h2-8,10H,1H3/b13-8+. The van der Waals surface area contributed by atoms with Crippen LogP contribution >= 0.6 is 22.9 Å². The summed E-state index contributed by atoms with van der Waals surface area (Å²) in [5, 5.41) is 12.6. The van der Waals surface area contributed by atoms with Crippen molar-refractivity contribution < 1.29 is 4.42 Å². The second kappa shape index (κ2) is 6.18. The topological polar surface area (TPSA) is 49.8 Å². The quantitative estimate of drug-likeness (QED) is 0.603. The highest BCUT2D eigenvalue weighted by molar-refractivity contribution is 7.11. The van der Waals surface area contributed by atoms with E-state index in [0.717, 1.165) is 17.0 Å². The SMILES string of the molecule is Cc1csc(/C(C#N)=C/c2ccc(-c3ccc(Cl)cc3)o2)n1. The van der Waals surface area contributed by atoms with Crippen LogP contribution in [0.1, 0.15) is 16.5 Å². The molecular weight excluding hydrogens is 316 g/mol. The minimum atomic E-state index is 0.495. The van der Waals surface area contributed by atoms with Gasteiger partial charge in [0.05, 0.1) is 5.57 Å². The molecule has 108 valence electrons. The Kier molecular flexibility index (Phi) is 4.10.